The molecule has 3 heterocycles. The summed E-state index contributed by atoms with van der Waals surface area (Å²) in [4.78, 5) is 53.4. The van der Waals surface area contributed by atoms with Gasteiger partial charge in [0.1, 0.15) is 12.1 Å². The molecule has 26 heavy (non-hydrogen) atoms. The highest BCUT2D eigenvalue weighted by Gasteiger charge is 2.54. The Hall–Kier alpha value is -1.97. The van der Waals surface area contributed by atoms with E-state index in [0.29, 0.717) is 30.4 Å². The topological polar surface area (TPSA) is 84.0 Å². The first-order valence-electron chi connectivity index (χ1n) is 8.46. The number of hydrogen-bond donors (Lipinski definition) is 0. The maximum Gasteiger partial charge on any atom is 0.328 e. The minimum Gasteiger partial charge on any atom is -0.467 e. The Balaban J connectivity index is 1.68. The van der Waals surface area contributed by atoms with E-state index in [2.05, 4.69) is 22.6 Å². The van der Waals surface area contributed by atoms with Gasteiger partial charge >= 0.3 is 5.97 Å². The van der Waals surface area contributed by atoms with Crippen LogP contribution in [-0.2, 0) is 14.3 Å². The van der Waals surface area contributed by atoms with Gasteiger partial charge in [-0.25, -0.2) is 4.79 Å². The number of rotatable bonds is 2. The average molecular weight is 468 g/mol. The van der Waals surface area contributed by atoms with Gasteiger partial charge < -0.3 is 9.64 Å². The predicted octanol–water partition coefficient (Wildman–Crippen LogP) is 1.39. The maximum absolute atomic E-state index is 13.2. The second-order valence-corrected chi connectivity index (χ2v) is 8.32. The molecule has 0 N–H and O–H groups in total. The molecule has 0 saturated carbocycles. The van der Waals surface area contributed by atoms with Crippen LogP contribution in [0.25, 0.3) is 0 Å². The van der Waals surface area contributed by atoms with Gasteiger partial charge in [0.05, 0.1) is 18.2 Å². The van der Waals surface area contributed by atoms with Crippen molar-refractivity contribution in [2.45, 2.75) is 41.3 Å². The van der Waals surface area contributed by atoms with Crippen LogP contribution in [0.1, 0.15) is 40.0 Å². The molecule has 1 aromatic carbocycles. The van der Waals surface area contributed by atoms with E-state index in [4.69, 9.17) is 4.74 Å². The standard InChI is InChI=1S/C18H17IN2O5/c1-26-18(25)13-7-6-12-11(19)8-14(17(24)20(12)13)21-15(22)9-4-2-3-5-10(9)16(21)23/h2-5,11-14H,6-8H2,1H3/t11-,12-,13+,14+/m1/s1. The van der Waals surface area contributed by atoms with Crippen LogP contribution in [0.15, 0.2) is 24.3 Å². The summed E-state index contributed by atoms with van der Waals surface area (Å²) in [5.74, 6) is -1.68. The van der Waals surface area contributed by atoms with Gasteiger partial charge in [0.2, 0.25) is 5.91 Å². The largest absolute Gasteiger partial charge is 0.467 e. The normalized spacial score (nSPS) is 30.5. The van der Waals surface area contributed by atoms with Gasteiger partial charge in [0.15, 0.2) is 0 Å². The lowest BCUT2D eigenvalue weighted by Gasteiger charge is -2.42. The number of carbonyl (C=O) groups is 4. The van der Waals surface area contributed by atoms with E-state index in [1.54, 1.807) is 29.2 Å². The summed E-state index contributed by atoms with van der Waals surface area (Å²) in [7, 11) is 1.30. The molecule has 3 amide bonds. The fraction of sp³-hybridized carbons (Fsp3) is 0.444. The highest BCUT2D eigenvalue weighted by atomic mass is 127. The lowest BCUT2D eigenvalue weighted by Crippen LogP contribution is -2.61. The molecule has 2 saturated heterocycles. The van der Waals surface area contributed by atoms with Gasteiger partial charge in [-0.3, -0.25) is 19.3 Å². The molecule has 3 aliphatic rings. The lowest BCUT2D eigenvalue weighted by molar-refractivity contribution is -0.155. The Kier molecular flexibility index (Phi) is 4.25. The van der Waals surface area contributed by atoms with E-state index in [1.807, 2.05) is 0 Å². The molecule has 4 rings (SSSR count). The minimum absolute atomic E-state index is 0.0502. The number of esters is 1. The van der Waals surface area contributed by atoms with Gasteiger partial charge in [0, 0.05) is 9.97 Å². The van der Waals surface area contributed by atoms with Crippen molar-refractivity contribution < 1.29 is 23.9 Å². The molecular weight excluding hydrogens is 451 g/mol. The van der Waals surface area contributed by atoms with Crippen molar-refractivity contribution in [2.75, 3.05) is 7.11 Å². The van der Waals surface area contributed by atoms with E-state index < -0.39 is 29.9 Å². The van der Waals surface area contributed by atoms with Gasteiger partial charge in [0.25, 0.3) is 11.8 Å². The number of ether oxygens (including phenoxy) is 1. The predicted molar refractivity (Wildman–Crippen MR) is 98.8 cm³/mol. The summed E-state index contributed by atoms with van der Waals surface area (Å²) < 4.78 is 4.89. The van der Waals surface area contributed by atoms with Crippen molar-refractivity contribution in [2.24, 2.45) is 0 Å². The number of benzene rings is 1. The summed E-state index contributed by atoms with van der Waals surface area (Å²) in [6, 6.07) is 4.99. The Morgan fingerprint density at radius 2 is 1.73 bits per heavy atom. The van der Waals surface area contributed by atoms with Gasteiger partial charge in [-0.05, 0) is 31.4 Å². The number of piperidine rings is 1. The third-order valence-electron chi connectivity index (χ3n) is 5.44. The number of imide groups is 1. The Bertz CT molecular complexity index is 791. The van der Waals surface area contributed by atoms with Gasteiger partial charge in [-0.1, -0.05) is 34.7 Å². The molecule has 7 nitrogen and oxygen atoms in total. The Labute approximate surface area is 163 Å². The molecule has 4 atom stereocenters. The molecule has 0 radical (unpaired) electrons. The first-order valence-corrected chi connectivity index (χ1v) is 9.71. The molecule has 0 spiro atoms. The summed E-state index contributed by atoms with van der Waals surface area (Å²) in [5, 5.41) is 0. The maximum atomic E-state index is 13.2. The molecule has 0 aromatic heterocycles. The molecule has 136 valence electrons. The average Bonchev–Trinajstić information content (AvgIpc) is 3.20. The number of alkyl halides is 1. The molecule has 0 aliphatic carbocycles. The monoisotopic (exact) mass is 468 g/mol. The van der Waals surface area contributed by atoms with E-state index >= 15 is 0 Å². The van der Waals surface area contributed by atoms with Gasteiger partial charge in [-0.15, -0.1) is 0 Å². The molecular formula is C18H17IN2O5. The molecule has 3 aliphatic heterocycles. The van der Waals surface area contributed by atoms with Crippen LogP contribution in [-0.4, -0.2) is 62.7 Å². The Morgan fingerprint density at radius 1 is 1.12 bits per heavy atom. The molecule has 8 heteroatoms. The van der Waals surface area contributed by atoms with E-state index in [9.17, 15) is 19.2 Å². The third kappa shape index (κ3) is 2.38. The van der Waals surface area contributed by atoms with Crippen LogP contribution in [0, 0.1) is 0 Å². The Morgan fingerprint density at radius 3 is 2.31 bits per heavy atom. The van der Waals surface area contributed by atoms with Crippen LogP contribution >= 0.6 is 22.6 Å². The van der Waals surface area contributed by atoms with Crippen molar-refractivity contribution in [3.05, 3.63) is 35.4 Å². The molecule has 1 aromatic rings. The number of carbonyl (C=O) groups excluding carboxylic acids is 4. The van der Waals surface area contributed by atoms with Crippen LogP contribution in [0.3, 0.4) is 0 Å². The quantitative estimate of drug-likeness (QED) is 0.284. The zero-order chi connectivity index (χ0) is 18.6. The zero-order valence-electron chi connectivity index (χ0n) is 14.1. The van der Waals surface area contributed by atoms with E-state index in [1.165, 1.54) is 7.11 Å². The van der Waals surface area contributed by atoms with Crippen LogP contribution in [0.2, 0.25) is 0 Å². The number of methoxy groups -OCH3 is 1. The second-order valence-electron chi connectivity index (χ2n) is 6.72. The van der Waals surface area contributed by atoms with E-state index in [0.717, 1.165) is 4.90 Å². The number of hydrogen-bond acceptors (Lipinski definition) is 5. The first-order chi connectivity index (χ1) is 12.5. The van der Waals surface area contributed by atoms with Crippen molar-refractivity contribution in [3.8, 4) is 0 Å². The summed E-state index contributed by atoms with van der Waals surface area (Å²) in [6.07, 6.45) is 1.66. The first kappa shape index (κ1) is 17.4. The number of nitrogens with zero attached hydrogens (tertiary/aromatic N) is 2. The van der Waals surface area contributed by atoms with Crippen molar-refractivity contribution in [1.82, 2.24) is 9.80 Å². The van der Waals surface area contributed by atoms with Crippen LogP contribution in [0.5, 0.6) is 0 Å². The SMILES string of the molecule is COC(=O)[C@@H]1CC[C@@H]2[C@H](I)C[C@H](N3C(=O)c4ccccc4C3=O)C(=O)N21. The zero-order valence-corrected chi connectivity index (χ0v) is 16.2. The van der Waals surface area contributed by atoms with Crippen LogP contribution in [0.4, 0.5) is 0 Å². The summed E-state index contributed by atoms with van der Waals surface area (Å²) >= 11 is 2.25. The highest BCUT2D eigenvalue weighted by molar-refractivity contribution is 14.1. The second kappa shape index (κ2) is 6.33. The number of fused-ring (bicyclic) bond motifs is 2. The molecule has 0 bridgehead atoms. The third-order valence-corrected chi connectivity index (χ3v) is 6.78. The molecule has 2 fully saturated rings. The summed E-state index contributed by atoms with van der Waals surface area (Å²) in [6.45, 7) is 0. The van der Waals surface area contributed by atoms with E-state index in [-0.39, 0.29) is 15.9 Å². The van der Waals surface area contributed by atoms with Crippen LogP contribution < -0.4 is 0 Å². The number of amides is 3. The van der Waals surface area contributed by atoms with Crippen molar-refractivity contribution >= 4 is 46.3 Å². The minimum atomic E-state index is -0.884. The fourth-order valence-electron chi connectivity index (χ4n) is 4.23. The van der Waals surface area contributed by atoms with Gasteiger partial charge in [-0.2, -0.15) is 0 Å². The fourth-order valence-corrected chi connectivity index (χ4v) is 5.42. The van der Waals surface area contributed by atoms with Crippen molar-refractivity contribution in [1.29, 1.82) is 0 Å². The van der Waals surface area contributed by atoms with Crippen molar-refractivity contribution in [3.63, 3.8) is 0 Å². The molecule has 0 unspecified atom stereocenters. The summed E-state index contributed by atoms with van der Waals surface area (Å²) in [5.41, 5.74) is 0.645. The highest BCUT2D eigenvalue weighted by Crippen LogP contribution is 2.39. The smallest absolute Gasteiger partial charge is 0.328 e. The lowest BCUT2D eigenvalue weighted by atomic mass is 9.96. The number of halogens is 1.